The highest BCUT2D eigenvalue weighted by molar-refractivity contribution is 5.08. The van der Waals surface area contributed by atoms with E-state index in [2.05, 4.69) is 11.1 Å². The van der Waals surface area contributed by atoms with Crippen molar-refractivity contribution < 1.29 is 5.11 Å². The first-order valence-electron chi connectivity index (χ1n) is 6.43. The zero-order valence-electron chi connectivity index (χ0n) is 9.81. The average Bonchev–Trinajstić information content (AvgIpc) is 2.53. The second-order valence-corrected chi connectivity index (χ2v) is 4.87. The highest BCUT2D eigenvalue weighted by Crippen LogP contribution is 2.27. The summed E-state index contributed by atoms with van der Waals surface area (Å²) in [5.74, 6) is 0.503. The molecular formula is C14H21NO. The number of aliphatic hydroxyl groups excluding tert-OH is 1. The summed E-state index contributed by atoms with van der Waals surface area (Å²) in [5.41, 5.74) is 1.29. The van der Waals surface area contributed by atoms with Gasteiger partial charge in [-0.25, -0.2) is 0 Å². The molecule has 16 heavy (non-hydrogen) atoms. The van der Waals surface area contributed by atoms with Gasteiger partial charge in [0.2, 0.25) is 0 Å². The molecule has 1 aliphatic carbocycles. The summed E-state index contributed by atoms with van der Waals surface area (Å²) >= 11 is 0. The van der Waals surface area contributed by atoms with E-state index >= 15 is 0 Å². The molecule has 1 heterocycles. The van der Waals surface area contributed by atoms with Gasteiger partial charge in [0, 0.05) is 12.4 Å². The van der Waals surface area contributed by atoms with E-state index in [4.69, 9.17) is 0 Å². The molecule has 0 amide bonds. The molecule has 0 bridgehead atoms. The Hall–Kier alpha value is -0.890. The largest absolute Gasteiger partial charge is 0.393 e. The van der Waals surface area contributed by atoms with E-state index in [0.717, 1.165) is 19.3 Å². The lowest BCUT2D eigenvalue weighted by atomic mass is 9.91. The van der Waals surface area contributed by atoms with Crippen LogP contribution in [0.25, 0.3) is 0 Å². The fraction of sp³-hybridized carbons (Fsp3) is 0.643. The summed E-state index contributed by atoms with van der Waals surface area (Å²) in [6.45, 7) is 0. The fourth-order valence-corrected chi connectivity index (χ4v) is 2.60. The molecule has 2 nitrogen and oxygen atoms in total. The van der Waals surface area contributed by atoms with Gasteiger partial charge in [-0.05, 0) is 43.2 Å². The summed E-state index contributed by atoms with van der Waals surface area (Å²) in [6.07, 6.45) is 11.8. The summed E-state index contributed by atoms with van der Waals surface area (Å²) in [4.78, 5) is 4.12. The minimum Gasteiger partial charge on any atom is -0.393 e. The molecule has 2 unspecified atom stereocenters. The van der Waals surface area contributed by atoms with Crippen LogP contribution in [-0.4, -0.2) is 16.2 Å². The lowest BCUT2D eigenvalue weighted by Gasteiger charge is -2.19. The van der Waals surface area contributed by atoms with Crippen molar-refractivity contribution in [2.24, 2.45) is 5.92 Å². The van der Waals surface area contributed by atoms with E-state index in [1.54, 1.807) is 0 Å². The number of aryl methyl sites for hydroxylation is 1. The third kappa shape index (κ3) is 3.31. The first-order chi connectivity index (χ1) is 7.86. The lowest BCUT2D eigenvalue weighted by molar-refractivity contribution is 0.0960. The third-order valence-corrected chi connectivity index (χ3v) is 3.65. The van der Waals surface area contributed by atoms with Crippen molar-refractivity contribution in [3.05, 3.63) is 30.1 Å². The maximum absolute atomic E-state index is 10.0. The number of aliphatic hydroxyl groups is 1. The Labute approximate surface area is 97.7 Å². The summed E-state index contributed by atoms with van der Waals surface area (Å²) < 4.78 is 0. The van der Waals surface area contributed by atoms with E-state index in [1.807, 2.05) is 18.5 Å². The van der Waals surface area contributed by atoms with Crippen LogP contribution >= 0.6 is 0 Å². The fourth-order valence-electron chi connectivity index (χ4n) is 2.60. The molecule has 2 rings (SSSR count). The predicted molar refractivity (Wildman–Crippen MR) is 65.1 cm³/mol. The van der Waals surface area contributed by atoms with E-state index in [0.29, 0.717) is 5.92 Å². The second-order valence-electron chi connectivity index (χ2n) is 4.87. The Balaban J connectivity index is 1.84. The molecule has 1 aromatic rings. The Morgan fingerprint density at radius 1 is 1.25 bits per heavy atom. The maximum Gasteiger partial charge on any atom is 0.0568 e. The number of pyridine rings is 1. The minimum absolute atomic E-state index is 0.0702. The van der Waals surface area contributed by atoms with Crippen molar-refractivity contribution in [1.29, 1.82) is 0 Å². The standard InChI is InChI=1S/C14H21NO/c16-14-7-3-1-2-6-13(14)9-8-12-5-4-10-15-11-12/h4-5,10-11,13-14,16H,1-3,6-9H2. The van der Waals surface area contributed by atoms with Crippen LogP contribution in [0.4, 0.5) is 0 Å². The van der Waals surface area contributed by atoms with Crippen LogP contribution in [0.15, 0.2) is 24.5 Å². The van der Waals surface area contributed by atoms with Gasteiger partial charge in [0.05, 0.1) is 6.10 Å². The normalized spacial score (nSPS) is 26.3. The van der Waals surface area contributed by atoms with Crippen molar-refractivity contribution >= 4 is 0 Å². The predicted octanol–water partition coefficient (Wildman–Crippen LogP) is 2.96. The zero-order chi connectivity index (χ0) is 11.2. The third-order valence-electron chi connectivity index (χ3n) is 3.65. The molecule has 1 saturated carbocycles. The van der Waals surface area contributed by atoms with E-state index in [9.17, 15) is 5.11 Å². The monoisotopic (exact) mass is 219 g/mol. The van der Waals surface area contributed by atoms with E-state index in [-0.39, 0.29) is 6.10 Å². The molecule has 88 valence electrons. The highest BCUT2D eigenvalue weighted by Gasteiger charge is 2.20. The van der Waals surface area contributed by atoms with Gasteiger partial charge in [-0.1, -0.05) is 25.3 Å². The number of aromatic nitrogens is 1. The molecule has 0 spiro atoms. The minimum atomic E-state index is -0.0702. The number of rotatable bonds is 3. The van der Waals surface area contributed by atoms with Gasteiger partial charge in [0.1, 0.15) is 0 Å². The first-order valence-corrected chi connectivity index (χ1v) is 6.43. The lowest BCUT2D eigenvalue weighted by Crippen LogP contribution is -2.19. The van der Waals surface area contributed by atoms with Crippen molar-refractivity contribution in [1.82, 2.24) is 4.98 Å². The Morgan fingerprint density at radius 3 is 2.94 bits per heavy atom. The molecule has 1 N–H and O–H groups in total. The summed E-state index contributed by atoms with van der Waals surface area (Å²) in [5, 5.41) is 10.0. The molecule has 1 fully saturated rings. The number of hydrogen-bond acceptors (Lipinski definition) is 2. The van der Waals surface area contributed by atoms with Crippen molar-refractivity contribution in [2.75, 3.05) is 0 Å². The molecule has 0 aliphatic heterocycles. The number of hydrogen-bond donors (Lipinski definition) is 1. The molecule has 0 aromatic carbocycles. The topological polar surface area (TPSA) is 33.1 Å². The van der Waals surface area contributed by atoms with Crippen molar-refractivity contribution in [2.45, 2.75) is 51.0 Å². The van der Waals surface area contributed by atoms with Crippen LogP contribution in [-0.2, 0) is 6.42 Å². The number of nitrogens with zero attached hydrogens (tertiary/aromatic N) is 1. The Kier molecular flexibility index (Phi) is 4.34. The van der Waals surface area contributed by atoms with Crippen LogP contribution in [0.5, 0.6) is 0 Å². The smallest absolute Gasteiger partial charge is 0.0568 e. The summed E-state index contributed by atoms with van der Waals surface area (Å²) in [7, 11) is 0. The van der Waals surface area contributed by atoms with Gasteiger partial charge in [-0.2, -0.15) is 0 Å². The molecule has 0 saturated heterocycles. The van der Waals surface area contributed by atoms with Crippen LogP contribution in [0.1, 0.15) is 44.1 Å². The molecule has 1 aromatic heterocycles. The van der Waals surface area contributed by atoms with Crippen molar-refractivity contribution in [3.8, 4) is 0 Å². The molecule has 0 radical (unpaired) electrons. The first kappa shape index (κ1) is 11.6. The Morgan fingerprint density at radius 2 is 2.12 bits per heavy atom. The quantitative estimate of drug-likeness (QED) is 0.793. The summed E-state index contributed by atoms with van der Waals surface area (Å²) in [6, 6.07) is 4.11. The molecule has 2 atom stereocenters. The molecule has 1 aliphatic rings. The zero-order valence-corrected chi connectivity index (χ0v) is 9.81. The van der Waals surface area contributed by atoms with Crippen LogP contribution in [0.2, 0.25) is 0 Å². The van der Waals surface area contributed by atoms with E-state index in [1.165, 1.54) is 31.2 Å². The van der Waals surface area contributed by atoms with Gasteiger partial charge in [0.25, 0.3) is 0 Å². The van der Waals surface area contributed by atoms with Gasteiger partial charge in [-0.3, -0.25) is 4.98 Å². The van der Waals surface area contributed by atoms with Gasteiger partial charge in [-0.15, -0.1) is 0 Å². The molecule has 2 heteroatoms. The van der Waals surface area contributed by atoms with Crippen LogP contribution in [0.3, 0.4) is 0 Å². The van der Waals surface area contributed by atoms with Crippen LogP contribution in [0, 0.1) is 5.92 Å². The molecular weight excluding hydrogens is 198 g/mol. The average molecular weight is 219 g/mol. The Bertz CT molecular complexity index is 299. The van der Waals surface area contributed by atoms with Crippen molar-refractivity contribution in [3.63, 3.8) is 0 Å². The van der Waals surface area contributed by atoms with E-state index < -0.39 is 0 Å². The van der Waals surface area contributed by atoms with Crippen LogP contribution < -0.4 is 0 Å². The second kappa shape index (κ2) is 6.00. The van der Waals surface area contributed by atoms with Gasteiger partial charge < -0.3 is 5.11 Å². The van der Waals surface area contributed by atoms with Gasteiger partial charge in [0.15, 0.2) is 0 Å². The highest BCUT2D eigenvalue weighted by atomic mass is 16.3. The maximum atomic E-state index is 10.0. The van der Waals surface area contributed by atoms with Gasteiger partial charge >= 0.3 is 0 Å². The SMILES string of the molecule is OC1CCCCCC1CCc1cccnc1.